The third-order valence-electron chi connectivity index (χ3n) is 5.19. The molecule has 0 aromatic carbocycles. The highest BCUT2D eigenvalue weighted by molar-refractivity contribution is 5.60. The third kappa shape index (κ3) is 26.4. The molecule has 0 fully saturated rings. The van der Waals surface area contributed by atoms with Gasteiger partial charge in [-0.05, 0) is 64.2 Å². The summed E-state index contributed by atoms with van der Waals surface area (Å²) in [5.41, 5.74) is 0. The minimum atomic E-state index is -0.655. The van der Waals surface area contributed by atoms with E-state index < -0.39 is 18.5 Å². The van der Waals surface area contributed by atoms with Gasteiger partial charge in [-0.3, -0.25) is 0 Å². The highest BCUT2D eigenvalue weighted by Crippen LogP contribution is 2.05. The van der Waals surface area contributed by atoms with Crippen LogP contribution in [-0.2, 0) is 28.4 Å². The van der Waals surface area contributed by atoms with Gasteiger partial charge in [0.05, 0.1) is 39.6 Å². The number of carbonyl (C=O) groups excluding carboxylic acids is 3. The van der Waals surface area contributed by atoms with Gasteiger partial charge >= 0.3 is 18.5 Å². The third-order valence-corrected chi connectivity index (χ3v) is 5.19. The summed E-state index contributed by atoms with van der Waals surface area (Å²) in [5.74, 6) is 0. The maximum Gasteiger partial charge on any atom is 0.508 e. The molecule has 0 heterocycles. The lowest BCUT2D eigenvalue weighted by molar-refractivity contribution is 0.0485. The second kappa shape index (κ2) is 27.4. The first-order valence-corrected chi connectivity index (χ1v) is 13.6. The van der Waals surface area contributed by atoms with E-state index in [9.17, 15) is 14.4 Å². The Balaban J connectivity index is 3.31. The van der Waals surface area contributed by atoms with Crippen LogP contribution in [0.25, 0.3) is 0 Å². The van der Waals surface area contributed by atoms with Crippen molar-refractivity contribution in [3.63, 3.8) is 0 Å². The van der Waals surface area contributed by atoms with Crippen LogP contribution >= 0.6 is 0 Å². The zero-order chi connectivity index (χ0) is 26.5. The van der Waals surface area contributed by atoms with Crippen molar-refractivity contribution < 1.29 is 42.8 Å². The molecule has 0 aromatic heterocycles. The summed E-state index contributed by atoms with van der Waals surface area (Å²) in [7, 11) is 0. The number of rotatable bonds is 24. The first-order valence-electron chi connectivity index (χ1n) is 13.6. The van der Waals surface area contributed by atoms with Crippen molar-refractivity contribution in [2.75, 3.05) is 39.6 Å². The molecule has 9 heteroatoms. The van der Waals surface area contributed by atoms with Gasteiger partial charge in [0.1, 0.15) is 0 Å². The SMILES string of the molecule is [CH2]CCCCCOC(=O)OCCCCCCOC(=O)OCCCCCCOC(=O)OCCCCC[CH2]. The van der Waals surface area contributed by atoms with Crippen LogP contribution in [0, 0.1) is 13.8 Å². The van der Waals surface area contributed by atoms with Crippen molar-refractivity contribution in [2.24, 2.45) is 0 Å². The molecule has 210 valence electrons. The Morgan fingerprint density at radius 3 is 0.722 bits per heavy atom. The van der Waals surface area contributed by atoms with E-state index in [1.807, 2.05) is 0 Å². The van der Waals surface area contributed by atoms with Crippen LogP contribution < -0.4 is 0 Å². The molecule has 0 unspecified atom stereocenters. The molecule has 0 aliphatic rings. The van der Waals surface area contributed by atoms with E-state index in [1.165, 1.54) is 0 Å². The van der Waals surface area contributed by atoms with Crippen LogP contribution in [0.1, 0.15) is 103 Å². The normalized spacial score (nSPS) is 10.5. The molecule has 0 saturated heterocycles. The largest absolute Gasteiger partial charge is 0.508 e. The van der Waals surface area contributed by atoms with E-state index in [1.54, 1.807) is 0 Å². The van der Waals surface area contributed by atoms with Crippen molar-refractivity contribution in [2.45, 2.75) is 103 Å². The molecule has 0 atom stereocenters. The van der Waals surface area contributed by atoms with Crippen molar-refractivity contribution in [3.05, 3.63) is 13.8 Å². The Bertz CT molecular complexity index is 481. The first kappa shape index (κ1) is 33.8. The molecular formula is C27H48O9. The first-order chi connectivity index (χ1) is 17.6. The molecule has 9 nitrogen and oxygen atoms in total. The zero-order valence-corrected chi connectivity index (χ0v) is 22.1. The fourth-order valence-corrected chi connectivity index (χ4v) is 3.08. The van der Waals surface area contributed by atoms with E-state index in [0.29, 0.717) is 39.6 Å². The molecule has 0 spiro atoms. The van der Waals surface area contributed by atoms with E-state index in [4.69, 9.17) is 28.4 Å². The lowest BCUT2D eigenvalue weighted by atomic mass is 10.2. The monoisotopic (exact) mass is 516 g/mol. The highest BCUT2D eigenvalue weighted by atomic mass is 16.7. The van der Waals surface area contributed by atoms with Gasteiger partial charge in [-0.2, -0.15) is 0 Å². The number of hydrogen-bond acceptors (Lipinski definition) is 9. The molecule has 36 heavy (non-hydrogen) atoms. The summed E-state index contributed by atoms with van der Waals surface area (Å²) in [4.78, 5) is 34.3. The maximum absolute atomic E-state index is 11.6. The lowest BCUT2D eigenvalue weighted by Gasteiger charge is -2.08. The van der Waals surface area contributed by atoms with Gasteiger partial charge in [-0.15, -0.1) is 0 Å². The topological polar surface area (TPSA) is 107 Å². The quantitative estimate of drug-likeness (QED) is 0.0738. The second-order valence-corrected chi connectivity index (χ2v) is 8.50. The van der Waals surface area contributed by atoms with Gasteiger partial charge < -0.3 is 28.4 Å². The minimum Gasteiger partial charge on any atom is -0.434 e. The summed E-state index contributed by atoms with van der Waals surface area (Å²) >= 11 is 0. The second-order valence-electron chi connectivity index (χ2n) is 8.50. The highest BCUT2D eigenvalue weighted by Gasteiger charge is 2.06. The molecule has 0 aromatic rings. The fraction of sp³-hybridized carbons (Fsp3) is 0.815. The molecule has 2 radical (unpaired) electrons. The van der Waals surface area contributed by atoms with Gasteiger partial charge in [0.25, 0.3) is 0 Å². The van der Waals surface area contributed by atoms with Gasteiger partial charge in [0.2, 0.25) is 0 Å². The van der Waals surface area contributed by atoms with Crippen molar-refractivity contribution in [3.8, 4) is 0 Å². The predicted octanol–water partition coefficient (Wildman–Crippen LogP) is 7.36. The van der Waals surface area contributed by atoms with Crippen LogP contribution in [0.5, 0.6) is 0 Å². The molecule has 0 aliphatic heterocycles. The predicted molar refractivity (Wildman–Crippen MR) is 136 cm³/mol. The maximum atomic E-state index is 11.6. The Morgan fingerprint density at radius 2 is 0.528 bits per heavy atom. The molecular weight excluding hydrogens is 468 g/mol. The van der Waals surface area contributed by atoms with E-state index in [-0.39, 0.29) is 0 Å². The summed E-state index contributed by atoms with van der Waals surface area (Å²) < 4.78 is 30.0. The van der Waals surface area contributed by atoms with E-state index >= 15 is 0 Å². The average molecular weight is 517 g/mol. The number of hydrogen-bond donors (Lipinski definition) is 0. The van der Waals surface area contributed by atoms with Gasteiger partial charge in [0.15, 0.2) is 0 Å². The van der Waals surface area contributed by atoms with Crippen LogP contribution in [-0.4, -0.2) is 58.1 Å². The number of unbranched alkanes of at least 4 members (excludes halogenated alkanes) is 12. The van der Waals surface area contributed by atoms with E-state index in [2.05, 4.69) is 13.8 Å². The van der Waals surface area contributed by atoms with Gasteiger partial charge in [0, 0.05) is 0 Å². The molecule has 0 N–H and O–H groups in total. The summed E-state index contributed by atoms with van der Waals surface area (Å²) in [5, 5.41) is 0. The number of carbonyl (C=O) groups is 3. The standard InChI is InChI=1S/C27H48O9/c1-3-5-7-13-19-31-25(28)33-21-15-9-11-17-23-35-27(30)36-24-18-12-10-16-22-34-26(29)32-20-14-8-6-4-2/h1-24H2. The fourth-order valence-electron chi connectivity index (χ4n) is 3.08. The summed E-state index contributed by atoms with van der Waals surface area (Å²) in [6.45, 7) is 9.57. The van der Waals surface area contributed by atoms with Crippen molar-refractivity contribution >= 4 is 18.5 Å². The summed E-state index contributed by atoms with van der Waals surface area (Å²) in [6, 6.07) is 0. The molecule has 0 rings (SSSR count). The smallest absolute Gasteiger partial charge is 0.434 e. The average Bonchev–Trinajstić information content (AvgIpc) is 2.86. The van der Waals surface area contributed by atoms with Crippen LogP contribution in [0.15, 0.2) is 0 Å². The Morgan fingerprint density at radius 1 is 0.333 bits per heavy atom. The molecule has 0 bridgehead atoms. The van der Waals surface area contributed by atoms with E-state index in [0.717, 1.165) is 103 Å². The molecule has 0 aliphatic carbocycles. The summed E-state index contributed by atoms with van der Waals surface area (Å²) in [6.07, 6.45) is 12.1. The zero-order valence-electron chi connectivity index (χ0n) is 22.1. The number of ether oxygens (including phenoxy) is 6. The Labute approximate surface area is 217 Å². The van der Waals surface area contributed by atoms with Crippen LogP contribution in [0.2, 0.25) is 0 Å². The lowest BCUT2D eigenvalue weighted by Crippen LogP contribution is -2.10. The minimum absolute atomic E-state index is 0.304. The van der Waals surface area contributed by atoms with Crippen LogP contribution in [0.4, 0.5) is 14.4 Å². The Kier molecular flexibility index (Phi) is 25.7. The van der Waals surface area contributed by atoms with Crippen molar-refractivity contribution in [1.82, 2.24) is 0 Å². The Hall–Kier alpha value is -2.19. The van der Waals surface area contributed by atoms with Gasteiger partial charge in [-0.25, -0.2) is 14.4 Å². The van der Waals surface area contributed by atoms with Crippen molar-refractivity contribution in [1.29, 1.82) is 0 Å². The molecule has 0 saturated carbocycles. The van der Waals surface area contributed by atoms with Crippen LogP contribution in [0.3, 0.4) is 0 Å². The molecule has 0 amide bonds. The van der Waals surface area contributed by atoms with Gasteiger partial charge in [-0.1, -0.05) is 52.4 Å².